The molecule has 2 N–H and O–H groups in total. The first-order chi connectivity index (χ1) is 18.2. The number of nitrogens with one attached hydrogen (secondary N) is 1. The summed E-state index contributed by atoms with van der Waals surface area (Å²) in [7, 11) is -7.88. The average Bonchev–Trinajstić information content (AvgIpc) is 2.83. The van der Waals surface area contributed by atoms with Gasteiger partial charge < -0.3 is 9.67 Å². The van der Waals surface area contributed by atoms with Gasteiger partial charge in [0.1, 0.15) is 17.1 Å². The fraction of sp³-hybridized carbons (Fsp3) is 0.120. The van der Waals surface area contributed by atoms with Crippen molar-refractivity contribution >= 4 is 47.8 Å². The van der Waals surface area contributed by atoms with Gasteiger partial charge in [-0.2, -0.15) is 0 Å². The number of pyridine rings is 1. The molecule has 0 saturated heterocycles. The lowest BCUT2D eigenvalue weighted by atomic mass is 10.1. The maximum absolute atomic E-state index is 14.2. The van der Waals surface area contributed by atoms with Crippen LogP contribution in [-0.4, -0.2) is 44.2 Å². The van der Waals surface area contributed by atoms with E-state index in [4.69, 9.17) is 0 Å². The minimum absolute atomic E-state index is 0.0172. The smallest absolute Gasteiger partial charge is 0.264 e. The van der Waals surface area contributed by atoms with Crippen LogP contribution in [0.4, 0.5) is 24.5 Å². The summed E-state index contributed by atoms with van der Waals surface area (Å²) in [4.78, 5) is 17.6. The van der Waals surface area contributed by atoms with Crippen molar-refractivity contribution in [2.45, 2.75) is 11.4 Å². The zero-order valence-corrected chi connectivity index (χ0v) is 21.6. The van der Waals surface area contributed by atoms with Crippen molar-refractivity contribution in [3.05, 3.63) is 93.5 Å². The number of anilines is 1. The molecule has 4 aromatic rings. The molecule has 1 aliphatic heterocycles. The van der Waals surface area contributed by atoms with Gasteiger partial charge in [-0.05, 0) is 54.1 Å². The predicted octanol–water partition coefficient (Wildman–Crippen LogP) is 3.45. The Balaban J connectivity index is 1.73. The number of aromatic hydroxyl groups is 1. The van der Waals surface area contributed by atoms with Crippen LogP contribution in [0.2, 0.25) is 0 Å². The summed E-state index contributed by atoms with van der Waals surface area (Å²) in [5, 5.41) is 10.9. The summed E-state index contributed by atoms with van der Waals surface area (Å²) in [5.41, 5.74) is -1.64. The molecule has 0 saturated carbocycles. The van der Waals surface area contributed by atoms with Crippen LogP contribution in [0.1, 0.15) is 11.1 Å². The Labute approximate surface area is 219 Å². The van der Waals surface area contributed by atoms with Gasteiger partial charge >= 0.3 is 0 Å². The lowest BCUT2D eigenvalue weighted by Crippen LogP contribution is -2.32. The Morgan fingerprint density at radius 1 is 1.03 bits per heavy atom. The van der Waals surface area contributed by atoms with E-state index < -0.39 is 59.9 Å². The second-order valence-corrected chi connectivity index (χ2v) is 12.6. The Hall–Kier alpha value is -4.17. The standard InChI is InChI=1S/C25H18F3N3O6S2/c1-38(34,35)30-15-4-6-19-22(10-15)39(36,37)12-20(29-19)23-24(32)16-9-14(26)3-7-21(16)31(25(23)33)11-13-2-5-17(27)18(28)8-13/h2-10,30,32H,11-12H2,1H3. The van der Waals surface area contributed by atoms with Crippen LogP contribution in [0.3, 0.4) is 0 Å². The second kappa shape index (κ2) is 9.24. The van der Waals surface area contributed by atoms with Gasteiger partial charge in [-0.15, -0.1) is 0 Å². The highest BCUT2D eigenvalue weighted by atomic mass is 32.2. The van der Waals surface area contributed by atoms with Gasteiger partial charge in [0.2, 0.25) is 10.0 Å². The Bertz CT molecular complexity index is 2010. The third-order valence-electron chi connectivity index (χ3n) is 5.99. The van der Waals surface area contributed by atoms with E-state index in [-0.39, 0.29) is 45.0 Å². The highest BCUT2D eigenvalue weighted by Crippen LogP contribution is 2.36. The normalized spacial score (nSPS) is 14.6. The second-order valence-electron chi connectivity index (χ2n) is 8.90. The van der Waals surface area contributed by atoms with E-state index >= 15 is 0 Å². The summed E-state index contributed by atoms with van der Waals surface area (Å²) < 4.78 is 94.2. The molecule has 3 aromatic carbocycles. The SMILES string of the molecule is CS(=O)(=O)Nc1ccc2c(c1)S(=O)(=O)CC(c1c(O)c3cc(F)ccc3n(Cc3ccc(F)c(F)c3)c1=O)=N2. The zero-order chi connectivity index (χ0) is 28.3. The molecule has 9 nitrogen and oxygen atoms in total. The van der Waals surface area contributed by atoms with Crippen molar-refractivity contribution in [3.63, 3.8) is 0 Å². The van der Waals surface area contributed by atoms with Crippen LogP contribution >= 0.6 is 0 Å². The molecule has 0 unspecified atom stereocenters. The number of benzene rings is 3. The molecule has 0 bridgehead atoms. The molecule has 0 atom stereocenters. The minimum atomic E-state index is -4.18. The van der Waals surface area contributed by atoms with Gasteiger partial charge in [0, 0.05) is 11.1 Å². The number of fused-ring (bicyclic) bond motifs is 2. The lowest BCUT2D eigenvalue weighted by Gasteiger charge is -2.20. The van der Waals surface area contributed by atoms with Crippen molar-refractivity contribution in [3.8, 4) is 5.75 Å². The van der Waals surface area contributed by atoms with Gasteiger partial charge in [0.25, 0.3) is 5.56 Å². The van der Waals surface area contributed by atoms with Gasteiger partial charge in [-0.1, -0.05) is 6.07 Å². The number of halogens is 3. The average molecular weight is 578 g/mol. The number of hydrogen-bond donors (Lipinski definition) is 2. The van der Waals surface area contributed by atoms with E-state index in [0.29, 0.717) is 0 Å². The van der Waals surface area contributed by atoms with Gasteiger partial charge in [-0.25, -0.2) is 30.0 Å². The van der Waals surface area contributed by atoms with Crippen LogP contribution < -0.4 is 10.3 Å². The fourth-order valence-corrected chi connectivity index (χ4v) is 6.37. The van der Waals surface area contributed by atoms with Crippen molar-refractivity contribution in [2.24, 2.45) is 4.99 Å². The highest BCUT2D eigenvalue weighted by molar-refractivity contribution is 7.92. The van der Waals surface area contributed by atoms with E-state index in [2.05, 4.69) is 9.71 Å². The van der Waals surface area contributed by atoms with Crippen molar-refractivity contribution in [1.29, 1.82) is 0 Å². The number of hydrogen-bond acceptors (Lipinski definition) is 7. The highest BCUT2D eigenvalue weighted by Gasteiger charge is 2.32. The molecule has 2 heterocycles. The molecule has 0 aliphatic carbocycles. The third kappa shape index (κ3) is 5.00. The zero-order valence-electron chi connectivity index (χ0n) is 19.9. The molecule has 1 aromatic heterocycles. The molecule has 0 radical (unpaired) electrons. The molecular formula is C25H18F3N3O6S2. The maximum Gasteiger partial charge on any atom is 0.264 e. The largest absolute Gasteiger partial charge is 0.506 e. The van der Waals surface area contributed by atoms with Crippen molar-refractivity contribution in [2.75, 3.05) is 16.7 Å². The first-order valence-electron chi connectivity index (χ1n) is 11.1. The molecule has 1 aliphatic rings. The Kier molecular flexibility index (Phi) is 6.26. The number of aliphatic imine (C=N–C) groups is 1. The van der Waals surface area contributed by atoms with E-state index in [1.165, 1.54) is 24.3 Å². The fourth-order valence-electron chi connectivity index (χ4n) is 4.35. The number of sulfonamides is 1. The molecule has 5 rings (SSSR count). The molecule has 0 fully saturated rings. The summed E-state index contributed by atoms with van der Waals surface area (Å²) in [6, 6.07) is 9.81. The first-order valence-corrected chi connectivity index (χ1v) is 14.7. The summed E-state index contributed by atoms with van der Waals surface area (Å²) in [5.74, 6) is -4.55. The molecule has 202 valence electrons. The first kappa shape index (κ1) is 26.4. The van der Waals surface area contributed by atoms with E-state index in [1.54, 1.807) is 0 Å². The molecule has 39 heavy (non-hydrogen) atoms. The molecule has 0 spiro atoms. The summed E-state index contributed by atoms with van der Waals surface area (Å²) >= 11 is 0. The quantitative estimate of drug-likeness (QED) is 0.373. The van der Waals surface area contributed by atoms with Crippen LogP contribution in [-0.2, 0) is 26.4 Å². The van der Waals surface area contributed by atoms with Crippen LogP contribution in [0.25, 0.3) is 10.9 Å². The Morgan fingerprint density at radius 2 is 1.77 bits per heavy atom. The number of rotatable bonds is 5. The summed E-state index contributed by atoms with van der Waals surface area (Å²) in [6.45, 7) is -0.317. The van der Waals surface area contributed by atoms with Crippen LogP contribution in [0.5, 0.6) is 5.75 Å². The minimum Gasteiger partial charge on any atom is -0.506 e. The monoisotopic (exact) mass is 577 g/mol. The predicted molar refractivity (Wildman–Crippen MR) is 138 cm³/mol. The number of aromatic nitrogens is 1. The molecule has 0 amide bonds. The molecule has 14 heteroatoms. The van der Waals surface area contributed by atoms with Gasteiger partial charge in [0.05, 0.1) is 40.4 Å². The van der Waals surface area contributed by atoms with E-state index in [1.807, 2.05) is 0 Å². The van der Waals surface area contributed by atoms with Crippen molar-refractivity contribution in [1.82, 2.24) is 4.57 Å². The van der Waals surface area contributed by atoms with E-state index in [0.717, 1.165) is 41.2 Å². The lowest BCUT2D eigenvalue weighted by molar-refractivity contribution is 0.477. The topological polar surface area (TPSA) is 135 Å². The van der Waals surface area contributed by atoms with Gasteiger partial charge in [0.15, 0.2) is 21.5 Å². The maximum atomic E-state index is 14.2. The van der Waals surface area contributed by atoms with Crippen LogP contribution in [0.15, 0.2) is 69.3 Å². The number of sulfone groups is 1. The third-order valence-corrected chi connectivity index (χ3v) is 8.25. The number of nitrogens with zero attached hydrogens (tertiary/aromatic N) is 2. The van der Waals surface area contributed by atoms with Crippen LogP contribution in [0, 0.1) is 17.5 Å². The van der Waals surface area contributed by atoms with Crippen molar-refractivity contribution < 1.29 is 35.1 Å². The molecular weight excluding hydrogens is 559 g/mol. The Morgan fingerprint density at radius 3 is 2.46 bits per heavy atom. The summed E-state index contributed by atoms with van der Waals surface area (Å²) in [6.07, 6.45) is 0.897. The van der Waals surface area contributed by atoms with E-state index in [9.17, 15) is 39.9 Å². The van der Waals surface area contributed by atoms with Gasteiger partial charge in [-0.3, -0.25) is 14.5 Å².